The number of nitrogens with zero attached hydrogens (tertiary/aromatic N) is 1. The van der Waals surface area contributed by atoms with Crippen molar-refractivity contribution in [2.75, 3.05) is 6.54 Å². The van der Waals surface area contributed by atoms with Crippen LogP contribution in [-0.2, 0) is 16.0 Å². The lowest BCUT2D eigenvalue weighted by molar-refractivity contribution is -0.140. The maximum atomic E-state index is 12.5. The van der Waals surface area contributed by atoms with Crippen LogP contribution in [0.2, 0.25) is 0 Å². The average molecular weight is 345 g/mol. The van der Waals surface area contributed by atoms with E-state index in [4.69, 9.17) is 5.11 Å². The quantitative estimate of drug-likeness (QED) is 0.732. The number of benzene rings is 1. The first-order valence-electron chi connectivity index (χ1n) is 9.14. The molecule has 1 aliphatic rings. The van der Waals surface area contributed by atoms with E-state index in [0.717, 1.165) is 25.7 Å². The van der Waals surface area contributed by atoms with Crippen LogP contribution in [0.5, 0.6) is 0 Å². The van der Waals surface area contributed by atoms with Crippen molar-refractivity contribution in [3.8, 4) is 0 Å². The molecular weight excluding hydrogens is 318 g/mol. The molecular formula is C20H27NO4. The number of rotatable bonds is 8. The van der Waals surface area contributed by atoms with E-state index in [1.54, 1.807) is 4.90 Å². The van der Waals surface area contributed by atoms with Crippen molar-refractivity contribution in [2.45, 2.75) is 64.3 Å². The molecule has 0 bridgehead atoms. The molecule has 1 unspecified atom stereocenters. The SMILES string of the molecule is CCc1ccc(C(=O)CCC(=O)N2CCCCC2CCC(=O)O)cc1. The Labute approximate surface area is 149 Å². The van der Waals surface area contributed by atoms with Crippen LogP contribution in [-0.4, -0.2) is 40.3 Å². The van der Waals surface area contributed by atoms with Gasteiger partial charge in [0.25, 0.3) is 0 Å². The Morgan fingerprint density at radius 2 is 1.80 bits per heavy atom. The lowest BCUT2D eigenvalue weighted by Gasteiger charge is -2.35. The minimum absolute atomic E-state index is 0.00344. The summed E-state index contributed by atoms with van der Waals surface area (Å²) in [6, 6.07) is 7.53. The minimum Gasteiger partial charge on any atom is -0.481 e. The summed E-state index contributed by atoms with van der Waals surface area (Å²) < 4.78 is 0. The van der Waals surface area contributed by atoms with Gasteiger partial charge in [-0.2, -0.15) is 0 Å². The van der Waals surface area contributed by atoms with Crippen LogP contribution in [0.1, 0.15) is 67.8 Å². The molecule has 1 aromatic rings. The van der Waals surface area contributed by atoms with Crippen LogP contribution in [0.3, 0.4) is 0 Å². The Hall–Kier alpha value is -2.17. The minimum atomic E-state index is -0.830. The number of piperidine rings is 1. The molecule has 1 atom stereocenters. The Balaban J connectivity index is 1.88. The van der Waals surface area contributed by atoms with Gasteiger partial charge in [0.1, 0.15) is 0 Å². The summed E-state index contributed by atoms with van der Waals surface area (Å²) in [5, 5.41) is 8.86. The Kier molecular flexibility index (Phi) is 7.16. The molecule has 1 amide bonds. The molecule has 0 aliphatic carbocycles. The Morgan fingerprint density at radius 1 is 1.08 bits per heavy atom. The van der Waals surface area contributed by atoms with Crippen LogP contribution < -0.4 is 0 Å². The van der Waals surface area contributed by atoms with Gasteiger partial charge in [-0.1, -0.05) is 31.2 Å². The van der Waals surface area contributed by atoms with Gasteiger partial charge in [-0.15, -0.1) is 0 Å². The normalized spacial score (nSPS) is 17.3. The number of likely N-dealkylation sites (tertiary alicyclic amines) is 1. The number of carbonyl (C=O) groups excluding carboxylic acids is 2. The van der Waals surface area contributed by atoms with Gasteiger partial charge in [0.05, 0.1) is 0 Å². The number of ketones is 1. The fourth-order valence-corrected chi connectivity index (χ4v) is 3.35. The highest BCUT2D eigenvalue weighted by molar-refractivity contribution is 5.98. The van der Waals surface area contributed by atoms with E-state index in [1.807, 2.05) is 24.3 Å². The molecule has 0 saturated carbocycles. The van der Waals surface area contributed by atoms with Gasteiger partial charge in [-0.3, -0.25) is 14.4 Å². The van der Waals surface area contributed by atoms with E-state index >= 15 is 0 Å². The number of carbonyl (C=O) groups is 3. The first kappa shape index (κ1) is 19.2. The second kappa shape index (κ2) is 9.35. The van der Waals surface area contributed by atoms with Crippen molar-refractivity contribution in [1.82, 2.24) is 4.90 Å². The summed E-state index contributed by atoms with van der Waals surface area (Å²) in [5.74, 6) is -0.882. The largest absolute Gasteiger partial charge is 0.481 e. The van der Waals surface area contributed by atoms with Gasteiger partial charge in [0.15, 0.2) is 5.78 Å². The molecule has 1 aromatic carbocycles. The first-order valence-corrected chi connectivity index (χ1v) is 9.14. The maximum Gasteiger partial charge on any atom is 0.303 e. The zero-order valence-corrected chi connectivity index (χ0v) is 14.9. The molecule has 0 radical (unpaired) electrons. The van der Waals surface area contributed by atoms with Crippen molar-refractivity contribution < 1.29 is 19.5 Å². The predicted molar refractivity (Wildman–Crippen MR) is 95.6 cm³/mol. The highest BCUT2D eigenvalue weighted by Crippen LogP contribution is 2.22. The van der Waals surface area contributed by atoms with Crippen LogP contribution in [0, 0.1) is 0 Å². The molecule has 5 nitrogen and oxygen atoms in total. The summed E-state index contributed by atoms with van der Waals surface area (Å²) in [6.45, 7) is 2.73. The number of amides is 1. The van der Waals surface area contributed by atoms with Crippen LogP contribution in [0.4, 0.5) is 0 Å². The highest BCUT2D eigenvalue weighted by Gasteiger charge is 2.27. The van der Waals surface area contributed by atoms with Gasteiger partial charge in [-0.25, -0.2) is 0 Å². The summed E-state index contributed by atoms with van der Waals surface area (Å²) in [6.07, 6.45) is 4.72. The van der Waals surface area contributed by atoms with E-state index in [0.29, 0.717) is 18.5 Å². The van der Waals surface area contributed by atoms with Gasteiger partial charge in [-0.05, 0) is 37.7 Å². The number of carboxylic acids is 1. The lowest BCUT2D eigenvalue weighted by Crippen LogP contribution is -2.44. The van der Waals surface area contributed by atoms with Crippen molar-refractivity contribution in [2.24, 2.45) is 0 Å². The van der Waals surface area contributed by atoms with Gasteiger partial charge >= 0.3 is 5.97 Å². The van der Waals surface area contributed by atoms with Crippen LogP contribution in [0.15, 0.2) is 24.3 Å². The second-order valence-corrected chi connectivity index (χ2v) is 6.64. The molecule has 0 aromatic heterocycles. The number of Topliss-reactive ketones (excluding diaryl/α,β-unsaturated/α-hetero) is 1. The molecule has 1 N–H and O–H groups in total. The van der Waals surface area contributed by atoms with Crippen LogP contribution >= 0.6 is 0 Å². The standard InChI is InChI=1S/C20H27NO4/c1-2-15-6-8-16(9-7-15)18(22)11-12-19(23)21-14-4-3-5-17(21)10-13-20(24)25/h6-9,17H,2-5,10-14H2,1H3,(H,24,25). The fraction of sp³-hybridized carbons (Fsp3) is 0.550. The molecule has 0 spiro atoms. The highest BCUT2D eigenvalue weighted by atomic mass is 16.4. The van der Waals surface area contributed by atoms with Crippen molar-refractivity contribution >= 4 is 17.7 Å². The summed E-state index contributed by atoms with van der Waals surface area (Å²) in [4.78, 5) is 37.4. The van der Waals surface area contributed by atoms with Gasteiger partial charge in [0, 0.05) is 37.4 Å². The molecule has 1 aliphatic heterocycles. The van der Waals surface area contributed by atoms with Crippen molar-refractivity contribution in [1.29, 1.82) is 0 Å². The van der Waals surface area contributed by atoms with E-state index in [9.17, 15) is 14.4 Å². The predicted octanol–water partition coefficient (Wildman–Crippen LogP) is 3.46. The van der Waals surface area contributed by atoms with E-state index < -0.39 is 5.97 Å². The zero-order chi connectivity index (χ0) is 18.2. The molecule has 5 heteroatoms. The Bertz CT molecular complexity index is 609. The monoisotopic (exact) mass is 345 g/mol. The molecule has 2 rings (SSSR count). The van der Waals surface area contributed by atoms with E-state index in [2.05, 4.69) is 6.92 Å². The number of aryl methyl sites for hydroxylation is 1. The smallest absolute Gasteiger partial charge is 0.303 e. The number of aliphatic carboxylic acids is 1. The molecule has 1 saturated heterocycles. The molecule has 136 valence electrons. The third-order valence-electron chi connectivity index (χ3n) is 4.89. The van der Waals surface area contributed by atoms with Crippen LogP contribution in [0.25, 0.3) is 0 Å². The molecule has 1 fully saturated rings. The third kappa shape index (κ3) is 5.69. The Morgan fingerprint density at radius 3 is 2.44 bits per heavy atom. The fourth-order valence-electron chi connectivity index (χ4n) is 3.35. The zero-order valence-electron chi connectivity index (χ0n) is 14.9. The topological polar surface area (TPSA) is 74.7 Å². The molecule has 25 heavy (non-hydrogen) atoms. The number of carboxylic acid groups (broad SMARTS) is 1. The second-order valence-electron chi connectivity index (χ2n) is 6.64. The average Bonchev–Trinajstić information content (AvgIpc) is 2.64. The summed E-state index contributed by atoms with van der Waals surface area (Å²) >= 11 is 0. The number of hydrogen-bond acceptors (Lipinski definition) is 3. The first-order chi connectivity index (χ1) is 12.0. The lowest BCUT2D eigenvalue weighted by atomic mass is 9.97. The number of hydrogen-bond donors (Lipinski definition) is 1. The molecule has 1 heterocycles. The van der Waals surface area contributed by atoms with Gasteiger partial charge in [0.2, 0.25) is 5.91 Å². The summed E-state index contributed by atoms with van der Waals surface area (Å²) in [5.41, 5.74) is 1.83. The van der Waals surface area contributed by atoms with Crippen molar-refractivity contribution in [3.63, 3.8) is 0 Å². The summed E-state index contributed by atoms with van der Waals surface area (Å²) in [7, 11) is 0. The van der Waals surface area contributed by atoms with E-state index in [1.165, 1.54) is 5.56 Å². The van der Waals surface area contributed by atoms with Gasteiger partial charge < -0.3 is 10.0 Å². The van der Waals surface area contributed by atoms with E-state index in [-0.39, 0.29) is 37.0 Å². The maximum absolute atomic E-state index is 12.5. The van der Waals surface area contributed by atoms with Crippen molar-refractivity contribution in [3.05, 3.63) is 35.4 Å². The third-order valence-corrected chi connectivity index (χ3v) is 4.89.